The van der Waals surface area contributed by atoms with Crippen LogP contribution in [-0.4, -0.2) is 71.5 Å². The first-order valence-electron chi connectivity index (χ1n) is 12.2. The van der Waals surface area contributed by atoms with Crippen molar-refractivity contribution in [1.29, 1.82) is 0 Å². The molecule has 2 aromatic heterocycles. The van der Waals surface area contributed by atoms with Gasteiger partial charge in [0.15, 0.2) is 5.65 Å². The molecule has 2 aliphatic heterocycles. The molecule has 184 valence electrons. The second-order valence-corrected chi connectivity index (χ2v) is 8.97. The van der Waals surface area contributed by atoms with Crippen LogP contribution in [0.15, 0.2) is 66.7 Å². The largest absolute Gasteiger partial charge is 0.379 e. The lowest BCUT2D eigenvalue weighted by Crippen LogP contribution is -2.41. The van der Waals surface area contributed by atoms with Crippen LogP contribution in [-0.2, 0) is 20.8 Å². The quantitative estimate of drug-likeness (QED) is 0.449. The number of morpholine rings is 2. The van der Waals surface area contributed by atoms with Crippen LogP contribution in [0.4, 0.5) is 17.3 Å². The number of fused-ring (bicyclic) bond motifs is 1. The molecule has 9 heteroatoms. The van der Waals surface area contributed by atoms with Gasteiger partial charge in [0.05, 0.1) is 25.5 Å². The molecule has 0 saturated carbocycles. The van der Waals surface area contributed by atoms with E-state index in [-0.39, 0.29) is 12.5 Å². The van der Waals surface area contributed by atoms with Gasteiger partial charge in [0.2, 0.25) is 5.95 Å². The molecule has 36 heavy (non-hydrogen) atoms. The van der Waals surface area contributed by atoms with Gasteiger partial charge < -0.3 is 19.7 Å². The lowest BCUT2D eigenvalue weighted by molar-refractivity contribution is -0.125. The van der Waals surface area contributed by atoms with Crippen molar-refractivity contribution >= 4 is 28.9 Å². The molecule has 1 amide bonds. The van der Waals surface area contributed by atoms with Gasteiger partial charge in [-0.15, -0.1) is 5.10 Å². The van der Waals surface area contributed by atoms with Crippen molar-refractivity contribution in [2.75, 3.05) is 56.3 Å². The number of hydrogen-bond acceptors (Lipinski definition) is 7. The molecule has 0 aliphatic carbocycles. The monoisotopic (exact) mass is 484 g/mol. The maximum absolute atomic E-state index is 12.1. The molecule has 2 saturated heterocycles. The number of amides is 1. The first-order valence-corrected chi connectivity index (χ1v) is 12.2. The van der Waals surface area contributed by atoms with Crippen LogP contribution in [0, 0.1) is 0 Å². The number of nitrogens with zero attached hydrogens (tertiary/aromatic N) is 5. The molecule has 0 bridgehead atoms. The highest BCUT2D eigenvalue weighted by molar-refractivity contribution is 5.95. The maximum Gasteiger partial charge on any atom is 0.253 e. The molecule has 0 spiro atoms. The molecule has 2 aliphatic rings. The zero-order chi connectivity index (χ0) is 24.3. The molecule has 0 radical (unpaired) electrons. The number of anilines is 3. The summed E-state index contributed by atoms with van der Waals surface area (Å²) < 4.78 is 12.5. The highest BCUT2D eigenvalue weighted by Gasteiger charge is 2.20. The van der Waals surface area contributed by atoms with E-state index in [9.17, 15) is 4.79 Å². The average molecular weight is 485 g/mol. The predicted octanol–water partition coefficient (Wildman–Crippen LogP) is 3.34. The first-order chi connectivity index (χ1) is 17.7. The van der Waals surface area contributed by atoms with Crippen LogP contribution < -0.4 is 10.2 Å². The summed E-state index contributed by atoms with van der Waals surface area (Å²) in [4.78, 5) is 20.9. The van der Waals surface area contributed by atoms with Gasteiger partial charge in [-0.25, -0.2) is 4.52 Å². The molecular formula is C27H28N6O3. The van der Waals surface area contributed by atoms with E-state index in [2.05, 4.69) is 45.5 Å². The zero-order valence-electron chi connectivity index (χ0n) is 20.0. The Hall–Kier alpha value is -3.79. The fourth-order valence-corrected chi connectivity index (χ4v) is 4.62. The Kier molecular flexibility index (Phi) is 6.33. The number of nitrogens with one attached hydrogen (secondary N) is 1. The molecule has 6 rings (SSSR count). The number of pyridine rings is 1. The van der Waals surface area contributed by atoms with Crippen molar-refractivity contribution < 1.29 is 14.3 Å². The Morgan fingerprint density at radius 1 is 0.861 bits per heavy atom. The van der Waals surface area contributed by atoms with Gasteiger partial charge >= 0.3 is 0 Å². The maximum atomic E-state index is 12.1. The minimum absolute atomic E-state index is 0.0226. The summed E-state index contributed by atoms with van der Waals surface area (Å²) in [6.45, 7) is 5.74. The van der Waals surface area contributed by atoms with E-state index in [0.29, 0.717) is 19.1 Å². The normalized spacial score (nSPS) is 17.0. The minimum atomic E-state index is -0.0226. The van der Waals surface area contributed by atoms with Crippen LogP contribution in [0.5, 0.6) is 0 Å². The van der Waals surface area contributed by atoms with E-state index in [4.69, 9.17) is 14.6 Å². The first kappa shape index (κ1) is 22.7. The Balaban J connectivity index is 1.18. The summed E-state index contributed by atoms with van der Waals surface area (Å²) >= 11 is 0. The molecule has 2 aromatic carbocycles. The fourth-order valence-electron chi connectivity index (χ4n) is 4.62. The molecule has 9 nitrogen and oxygen atoms in total. The third kappa shape index (κ3) is 4.81. The van der Waals surface area contributed by atoms with Crippen LogP contribution in [0.1, 0.15) is 5.56 Å². The van der Waals surface area contributed by atoms with Crippen molar-refractivity contribution in [3.8, 4) is 11.3 Å². The fraction of sp³-hybridized carbons (Fsp3) is 0.296. The Bertz CT molecular complexity index is 1350. The van der Waals surface area contributed by atoms with Crippen LogP contribution in [0.2, 0.25) is 0 Å². The van der Waals surface area contributed by atoms with Crippen molar-refractivity contribution in [3.05, 3.63) is 72.3 Å². The van der Waals surface area contributed by atoms with Gasteiger partial charge in [0.25, 0.3) is 5.91 Å². The lowest BCUT2D eigenvalue weighted by Gasteiger charge is -2.26. The second-order valence-electron chi connectivity index (χ2n) is 8.97. The molecule has 4 heterocycles. The highest BCUT2D eigenvalue weighted by Crippen LogP contribution is 2.24. The van der Waals surface area contributed by atoms with Gasteiger partial charge in [-0.1, -0.05) is 30.3 Å². The van der Waals surface area contributed by atoms with E-state index in [1.807, 2.05) is 40.9 Å². The summed E-state index contributed by atoms with van der Waals surface area (Å²) in [7, 11) is 0. The van der Waals surface area contributed by atoms with E-state index in [1.165, 1.54) is 5.56 Å². The second kappa shape index (κ2) is 10.1. The molecule has 2 fully saturated rings. The average Bonchev–Trinajstić information content (AvgIpc) is 3.33. The summed E-state index contributed by atoms with van der Waals surface area (Å²) in [6, 6.07) is 22.3. The van der Waals surface area contributed by atoms with Crippen molar-refractivity contribution in [2.24, 2.45) is 0 Å². The van der Waals surface area contributed by atoms with Crippen molar-refractivity contribution in [2.45, 2.75) is 6.54 Å². The highest BCUT2D eigenvalue weighted by atomic mass is 16.5. The van der Waals surface area contributed by atoms with E-state index in [1.54, 1.807) is 4.90 Å². The Morgan fingerprint density at radius 2 is 1.64 bits per heavy atom. The van der Waals surface area contributed by atoms with Gasteiger partial charge in [-0.05, 0) is 42.0 Å². The number of aromatic nitrogens is 3. The van der Waals surface area contributed by atoms with E-state index < -0.39 is 0 Å². The third-order valence-electron chi connectivity index (χ3n) is 6.54. The van der Waals surface area contributed by atoms with Crippen LogP contribution in [0.25, 0.3) is 16.9 Å². The standard InChI is InChI=1S/C27H28N6O3/c34-26-19-36-17-14-32(26)23-10-8-22(9-11-23)28-27-29-25-3-1-2-24(33(25)30-27)21-6-4-20(5-7-21)18-31-12-15-35-16-13-31/h1-11H,12-19H2,(H,28,30). The van der Waals surface area contributed by atoms with Crippen LogP contribution >= 0.6 is 0 Å². The SMILES string of the molecule is O=C1COCCN1c1ccc(Nc2nc3cccc(-c4ccc(CN5CCOCC5)cc4)n3n2)cc1. The zero-order valence-corrected chi connectivity index (χ0v) is 20.0. The van der Waals surface area contributed by atoms with Gasteiger partial charge in [0.1, 0.15) is 6.61 Å². The summed E-state index contributed by atoms with van der Waals surface area (Å²) in [5.74, 6) is 0.493. The molecule has 0 unspecified atom stereocenters. The van der Waals surface area contributed by atoms with Crippen molar-refractivity contribution in [3.63, 3.8) is 0 Å². The minimum Gasteiger partial charge on any atom is -0.379 e. The number of rotatable bonds is 6. The topological polar surface area (TPSA) is 84.2 Å². The third-order valence-corrected chi connectivity index (χ3v) is 6.54. The number of benzene rings is 2. The molecule has 0 atom stereocenters. The smallest absolute Gasteiger partial charge is 0.253 e. The van der Waals surface area contributed by atoms with E-state index >= 15 is 0 Å². The summed E-state index contributed by atoms with van der Waals surface area (Å²) in [5.41, 5.74) is 5.83. The molecule has 4 aromatic rings. The van der Waals surface area contributed by atoms with Gasteiger partial charge in [0, 0.05) is 43.1 Å². The van der Waals surface area contributed by atoms with E-state index in [0.717, 1.165) is 61.1 Å². The van der Waals surface area contributed by atoms with Crippen molar-refractivity contribution in [1.82, 2.24) is 19.5 Å². The Morgan fingerprint density at radius 3 is 2.42 bits per heavy atom. The number of carbonyl (C=O) groups excluding carboxylic acids is 1. The predicted molar refractivity (Wildman–Crippen MR) is 137 cm³/mol. The molecular weight excluding hydrogens is 456 g/mol. The number of hydrogen-bond donors (Lipinski definition) is 1. The molecule has 1 N–H and O–H groups in total. The Labute approximate surface area is 209 Å². The summed E-state index contributed by atoms with van der Waals surface area (Å²) in [5, 5.41) is 8.00. The van der Waals surface area contributed by atoms with Crippen LogP contribution in [0.3, 0.4) is 0 Å². The summed E-state index contributed by atoms with van der Waals surface area (Å²) in [6.07, 6.45) is 0. The van der Waals surface area contributed by atoms with Gasteiger partial charge in [-0.2, -0.15) is 4.98 Å². The van der Waals surface area contributed by atoms with Gasteiger partial charge in [-0.3, -0.25) is 9.69 Å². The number of ether oxygens (including phenoxy) is 2. The number of carbonyl (C=O) groups is 1. The lowest BCUT2D eigenvalue weighted by atomic mass is 10.1.